The third kappa shape index (κ3) is 2.85. The molecule has 3 nitrogen and oxygen atoms in total. The van der Waals surface area contributed by atoms with Crippen LogP contribution in [-0.4, -0.2) is 12.9 Å². The van der Waals surface area contributed by atoms with Gasteiger partial charge in [-0.3, -0.25) is 4.79 Å². The number of ether oxygens (including phenoxy) is 1. The minimum Gasteiger partial charge on any atom is -0.456 e. The number of furan rings is 1. The topological polar surface area (TPSA) is 39.4 Å². The largest absolute Gasteiger partial charge is 0.456 e. The van der Waals surface area contributed by atoms with Crippen molar-refractivity contribution in [1.82, 2.24) is 0 Å². The van der Waals surface area contributed by atoms with Gasteiger partial charge < -0.3 is 9.15 Å². The van der Waals surface area contributed by atoms with Gasteiger partial charge in [-0.2, -0.15) is 0 Å². The second-order valence-electron chi connectivity index (χ2n) is 6.22. The molecule has 4 heteroatoms. The molecule has 1 aromatic heterocycles. The lowest BCUT2D eigenvalue weighted by Crippen LogP contribution is -1.97. The van der Waals surface area contributed by atoms with Crippen LogP contribution in [0.15, 0.2) is 46.9 Å². The second kappa shape index (κ2) is 6.21. The van der Waals surface area contributed by atoms with Crippen molar-refractivity contribution in [3.05, 3.63) is 59.4 Å². The lowest BCUT2D eigenvalue weighted by atomic mass is 10.0. The van der Waals surface area contributed by atoms with E-state index >= 15 is 0 Å². The van der Waals surface area contributed by atoms with Gasteiger partial charge in [0.05, 0.1) is 12.2 Å². The van der Waals surface area contributed by atoms with E-state index in [1.54, 1.807) is 12.1 Å². The molecule has 0 radical (unpaired) electrons. The Kier molecular flexibility index (Phi) is 3.90. The van der Waals surface area contributed by atoms with Crippen molar-refractivity contribution >= 4 is 17.3 Å². The number of fused-ring (bicyclic) bond motifs is 1. The first-order valence-corrected chi connectivity index (χ1v) is 8.09. The fraction of sp³-hybridized carbons (Fsp3) is 0.250. The molecular formula is C20H17FO3. The Morgan fingerprint density at radius 2 is 2.04 bits per heavy atom. The molecule has 0 aliphatic heterocycles. The summed E-state index contributed by atoms with van der Waals surface area (Å²) in [6, 6.07) is 11.9. The van der Waals surface area contributed by atoms with Gasteiger partial charge in [-0.15, -0.1) is 0 Å². The van der Waals surface area contributed by atoms with E-state index in [2.05, 4.69) is 0 Å². The van der Waals surface area contributed by atoms with Gasteiger partial charge in [-0.25, -0.2) is 4.39 Å². The molecular weight excluding hydrogens is 307 g/mol. The fourth-order valence-electron chi connectivity index (χ4n) is 2.89. The van der Waals surface area contributed by atoms with Gasteiger partial charge in [0.2, 0.25) is 0 Å². The number of aldehydes is 1. The molecule has 0 saturated heterocycles. The van der Waals surface area contributed by atoms with E-state index in [0.29, 0.717) is 30.2 Å². The zero-order valence-electron chi connectivity index (χ0n) is 13.1. The van der Waals surface area contributed by atoms with Crippen LogP contribution >= 0.6 is 0 Å². The standard InChI is InChI=1S/C20H17FO3/c21-17-5-1-3-14(10-22)20(17)19-9-16-15(4-2-6-18(16)24-19)12-23-11-13-7-8-13/h1-6,9-10,13H,7-8,11-12H2. The van der Waals surface area contributed by atoms with Gasteiger partial charge >= 0.3 is 0 Å². The highest BCUT2D eigenvalue weighted by Crippen LogP contribution is 2.34. The van der Waals surface area contributed by atoms with Crippen molar-refractivity contribution in [3.63, 3.8) is 0 Å². The molecule has 0 unspecified atom stereocenters. The summed E-state index contributed by atoms with van der Waals surface area (Å²) in [6.45, 7) is 1.29. The molecule has 0 amide bonds. The summed E-state index contributed by atoms with van der Waals surface area (Å²) >= 11 is 0. The van der Waals surface area contributed by atoms with E-state index < -0.39 is 5.82 Å². The molecule has 0 atom stereocenters. The Balaban J connectivity index is 1.71. The zero-order valence-corrected chi connectivity index (χ0v) is 13.1. The van der Waals surface area contributed by atoms with Crippen LogP contribution in [-0.2, 0) is 11.3 Å². The minimum absolute atomic E-state index is 0.202. The van der Waals surface area contributed by atoms with E-state index in [-0.39, 0.29) is 11.1 Å². The van der Waals surface area contributed by atoms with Gasteiger partial charge in [0.15, 0.2) is 6.29 Å². The van der Waals surface area contributed by atoms with Crippen LogP contribution in [0.25, 0.3) is 22.3 Å². The number of halogens is 1. The second-order valence-corrected chi connectivity index (χ2v) is 6.22. The van der Waals surface area contributed by atoms with Crippen molar-refractivity contribution in [2.24, 2.45) is 5.92 Å². The first kappa shape index (κ1) is 15.1. The molecule has 0 N–H and O–H groups in total. The van der Waals surface area contributed by atoms with E-state index in [1.807, 2.05) is 18.2 Å². The van der Waals surface area contributed by atoms with Crippen molar-refractivity contribution < 1.29 is 18.3 Å². The average molecular weight is 324 g/mol. The number of hydrogen-bond donors (Lipinski definition) is 0. The molecule has 0 spiro atoms. The van der Waals surface area contributed by atoms with Gasteiger partial charge in [0, 0.05) is 17.6 Å². The predicted octanol–water partition coefficient (Wildman–Crippen LogP) is 4.98. The Hall–Kier alpha value is -2.46. The van der Waals surface area contributed by atoms with Crippen LogP contribution in [0.2, 0.25) is 0 Å². The molecule has 24 heavy (non-hydrogen) atoms. The Morgan fingerprint density at radius 1 is 1.21 bits per heavy atom. The van der Waals surface area contributed by atoms with Gasteiger partial charge in [-0.1, -0.05) is 24.3 Å². The molecule has 1 saturated carbocycles. The van der Waals surface area contributed by atoms with E-state index in [1.165, 1.54) is 25.0 Å². The number of hydrogen-bond acceptors (Lipinski definition) is 3. The van der Waals surface area contributed by atoms with Gasteiger partial charge in [-0.05, 0) is 42.5 Å². The number of carbonyl (C=O) groups is 1. The summed E-state index contributed by atoms with van der Waals surface area (Å²) in [7, 11) is 0. The third-order valence-corrected chi connectivity index (χ3v) is 4.38. The Morgan fingerprint density at radius 3 is 2.83 bits per heavy atom. The van der Waals surface area contributed by atoms with Crippen LogP contribution in [0.1, 0.15) is 28.8 Å². The molecule has 1 heterocycles. The van der Waals surface area contributed by atoms with Crippen molar-refractivity contribution in [3.8, 4) is 11.3 Å². The quantitative estimate of drug-likeness (QED) is 0.600. The van der Waals surface area contributed by atoms with Crippen LogP contribution in [0.3, 0.4) is 0 Å². The van der Waals surface area contributed by atoms with Crippen LogP contribution < -0.4 is 0 Å². The summed E-state index contributed by atoms with van der Waals surface area (Å²) in [6.07, 6.45) is 3.15. The Bertz CT molecular complexity index is 893. The van der Waals surface area contributed by atoms with Crippen molar-refractivity contribution in [2.45, 2.75) is 19.4 Å². The smallest absolute Gasteiger partial charge is 0.150 e. The van der Waals surface area contributed by atoms with Crippen LogP contribution in [0.5, 0.6) is 0 Å². The monoisotopic (exact) mass is 324 g/mol. The molecule has 122 valence electrons. The SMILES string of the molecule is O=Cc1cccc(F)c1-c1cc2c(COCC3CC3)cccc2o1. The van der Waals surface area contributed by atoms with Gasteiger partial charge in [0.25, 0.3) is 0 Å². The normalized spacial score (nSPS) is 14.2. The highest BCUT2D eigenvalue weighted by molar-refractivity contribution is 5.91. The maximum absolute atomic E-state index is 14.2. The minimum atomic E-state index is -0.467. The van der Waals surface area contributed by atoms with E-state index in [9.17, 15) is 9.18 Å². The van der Waals surface area contributed by atoms with E-state index in [4.69, 9.17) is 9.15 Å². The average Bonchev–Trinajstić information content (AvgIpc) is 3.31. The van der Waals surface area contributed by atoms with Crippen molar-refractivity contribution in [1.29, 1.82) is 0 Å². The van der Waals surface area contributed by atoms with Gasteiger partial charge in [0.1, 0.15) is 17.2 Å². The molecule has 0 bridgehead atoms. The third-order valence-electron chi connectivity index (χ3n) is 4.38. The highest BCUT2D eigenvalue weighted by atomic mass is 19.1. The molecule has 1 aliphatic carbocycles. The lowest BCUT2D eigenvalue weighted by molar-refractivity contribution is 0.112. The maximum Gasteiger partial charge on any atom is 0.150 e. The lowest BCUT2D eigenvalue weighted by Gasteiger charge is -2.04. The fourth-order valence-corrected chi connectivity index (χ4v) is 2.89. The van der Waals surface area contributed by atoms with Crippen molar-refractivity contribution in [2.75, 3.05) is 6.61 Å². The predicted molar refractivity (Wildman–Crippen MR) is 89.4 cm³/mol. The summed E-state index contributed by atoms with van der Waals surface area (Å²) in [4.78, 5) is 11.2. The maximum atomic E-state index is 14.2. The summed E-state index contributed by atoms with van der Waals surface area (Å²) in [5, 5.41) is 0.892. The first-order valence-electron chi connectivity index (χ1n) is 8.09. The number of rotatable bonds is 6. The molecule has 1 aliphatic rings. The summed E-state index contributed by atoms with van der Waals surface area (Å²) in [5.41, 5.74) is 2.15. The van der Waals surface area contributed by atoms with E-state index in [0.717, 1.165) is 17.6 Å². The number of carbonyl (C=O) groups excluding carboxylic acids is 1. The Labute approximate surface area is 139 Å². The molecule has 2 aromatic carbocycles. The number of benzene rings is 2. The zero-order chi connectivity index (χ0) is 16.5. The summed E-state index contributed by atoms with van der Waals surface area (Å²) < 4.78 is 25.8. The van der Waals surface area contributed by atoms with Crippen LogP contribution in [0.4, 0.5) is 4.39 Å². The molecule has 3 aromatic rings. The highest BCUT2D eigenvalue weighted by Gasteiger charge is 2.21. The van der Waals surface area contributed by atoms with Crippen LogP contribution in [0, 0.1) is 11.7 Å². The first-order chi connectivity index (χ1) is 11.8. The molecule has 4 rings (SSSR count). The molecule has 1 fully saturated rings. The summed E-state index contributed by atoms with van der Waals surface area (Å²) in [5.74, 6) is 0.600.